The Labute approximate surface area is 333 Å². The summed E-state index contributed by atoms with van der Waals surface area (Å²) in [4.78, 5) is 0. The molecule has 1 aliphatic rings. The van der Waals surface area contributed by atoms with Crippen molar-refractivity contribution in [1.82, 2.24) is 0 Å². The largest absolute Gasteiger partial charge is 0.422 e. The highest BCUT2D eigenvalue weighted by Crippen LogP contribution is 2.80. The van der Waals surface area contributed by atoms with Gasteiger partial charge in [0.1, 0.15) is 23.0 Å². The van der Waals surface area contributed by atoms with Crippen molar-refractivity contribution in [3.8, 4) is 23.0 Å². The number of hydrogen-bond acceptors (Lipinski definition) is 12. The summed E-state index contributed by atoms with van der Waals surface area (Å²) < 4.78 is 76.2. The van der Waals surface area contributed by atoms with Crippen LogP contribution in [0.15, 0.2) is 115 Å². The van der Waals surface area contributed by atoms with E-state index >= 15 is 0 Å². The summed E-state index contributed by atoms with van der Waals surface area (Å²) in [6.07, 6.45) is 2.52. The fourth-order valence-corrected chi connectivity index (χ4v) is 17.6. The minimum Gasteiger partial charge on any atom is -0.422 e. The van der Waals surface area contributed by atoms with Crippen molar-refractivity contribution in [3.63, 3.8) is 0 Å². The zero-order valence-electron chi connectivity index (χ0n) is 33.7. The Hall–Kier alpha value is -3.16. The molecule has 56 heavy (non-hydrogen) atoms. The van der Waals surface area contributed by atoms with Gasteiger partial charge < -0.3 is 18.1 Å². The summed E-state index contributed by atoms with van der Waals surface area (Å²) in [6, 6.07) is 30.5. The van der Waals surface area contributed by atoms with Gasteiger partial charge in [-0.25, -0.2) is 0 Å². The van der Waals surface area contributed by atoms with Crippen LogP contribution in [0.3, 0.4) is 0 Å². The second kappa shape index (κ2) is 20.5. The number of rotatable bonds is 20. The summed E-state index contributed by atoms with van der Waals surface area (Å²) >= 11 is 0. The van der Waals surface area contributed by atoms with Crippen LogP contribution in [0, 0.1) is 27.7 Å². The van der Waals surface area contributed by atoms with E-state index in [-0.39, 0.29) is 26.4 Å². The van der Waals surface area contributed by atoms with Crippen molar-refractivity contribution in [2.45, 2.75) is 81.1 Å². The first-order valence-corrected chi connectivity index (χ1v) is 25.3. The maximum Gasteiger partial charge on any atom is 0.404 e. The zero-order valence-corrected chi connectivity index (χ0v) is 37.3. The number of hydrogen-bond donors (Lipinski definition) is 0. The summed E-state index contributed by atoms with van der Waals surface area (Å²) in [5.41, 5.74) is 4.22. The third-order valence-corrected chi connectivity index (χ3v) is 18.8. The van der Waals surface area contributed by atoms with E-state index in [9.17, 15) is 0 Å². The lowest BCUT2D eigenvalue weighted by atomic mass is 10.2. The first-order chi connectivity index (χ1) is 27.0. The Kier molecular flexibility index (Phi) is 16.1. The fraction of sp³-hybridized carbons (Fsp3) is 0.400. The van der Waals surface area contributed by atoms with Gasteiger partial charge in [-0.2, -0.15) is 0 Å². The summed E-state index contributed by atoms with van der Waals surface area (Å²) in [6.45, 7) is 17.0. The van der Waals surface area contributed by atoms with Gasteiger partial charge in [-0.1, -0.05) is 98.5 Å². The van der Waals surface area contributed by atoms with Crippen molar-refractivity contribution >= 4 is 30.6 Å². The topological polar surface area (TPSA) is 123 Å². The van der Waals surface area contributed by atoms with Crippen molar-refractivity contribution in [2.24, 2.45) is 18.1 Å². The third-order valence-electron chi connectivity index (χ3n) is 7.74. The fourth-order valence-electron chi connectivity index (χ4n) is 4.89. The van der Waals surface area contributed by atoms with Crippen LogP contribution in [-0.2, 0) is 18.1 Å². The number of benzene rings is 4. The molecule has 1 aliphatic heterocycles. The van der Waals surface area contributed by atoms with Gasteiger partial charge in [-0.3, -0.25) is 18.1 Å². The molecule has 4 aromatic carbocycles. The zero-order chi connectivity index (χ0) is 40.1. The summed E-state index contributed by atoms with van der Waals surface area (Å²) in [7, 11) is -15.7. The van der Waals surface area contributed by atoms with Gasteiger partial charge in [0.15, 0.2) is 0 Å². The van der Waals surface area contributed by atoms with Crippen molar-refractivity contribution in [1.29, 1.82) is 0 Å². The molecule has 0 atom stereocenters. The molecule has 0 bridgehead atoms. The normalized spacial score (nSPS) is 23.3. The standard InChI is InChI=1S/C40H56N4O8P4/c1-9-29-45-53(49-37-21-13-33(5)14-22-37)41-54(46-30-10-2,50-38-23-15-34(6)16-24-38)43-56(48-32-12-4,52-40-27-19-36(8)20-28-40)44-55(42-53,47-31-11-3)51-39-25-17-35(7)18-26-39/h13-28H,9-12,29-32H2,1-8H3. The first-order valence-electron chi connectivity index (χ1n) is 19.1. The monoisotopic (exact) mass is 844 g/mol. The van der Waals surface area contributed by atoms with Crippen LogP contribution in [0.1, 0.15) is 75.6 Å². The van der Waals surface area contributed by atoms with E-state index < -0.39 is 30.6 Å². The molecule has 0 N–H and O–H groups in total. The molecule has 0 fully saturated rings. The lowest BCUT2D eigenvalue weighted by molar-refractivity contribution is 0.283. The molecule has 5 rings (SSSR count). The average molecular weight is 845 g/mol. The van der Waals surface area contributed by atoms with Gasteiger partial charge in [0, 0.05) is 0 Å². The minimum absolute atomic E-state index is 0.232. The molecule has 0 radical (unpaired) electrons. The minimum atomic E-state index is -3.93. The first kappa shape index (κ1) is 44.0. The van der Waals surface area contributed by atoms with Crippen LogP contribution in [0.4, 0.5) is 0 Å². The van der Waals surface area contributed by atoms with E-state index in [0.29, 0.717) is 48.7 Å². The smallest absolute Gasteiger partial charge is 0.404 e. The van der Waals surface area contributed by atoms with Crippen LogP contribution >= 0.6 is 30.6 Å². The molecule has 12 nitrogen and oxygen atoms in total. The van der Waals surface area contributed by atoms with Crippen LogP contribution in [0.2, 0.25) is 0 Å². The van der Waals surface area contributed by atoms with Crippen LogP contribution in [0.5, 0.6) is 23.0 Å². The van der Waals surface area contributed by atoms with Crippen LogP contribution < -0.4 is 18.1 Å². The molecule has 0 aromatic heterocycles. The average Bonchev–Trinajstić information content (AvgIpc) is 3.18. The molecule has 0 unspecified atom stereocenters. The Morgan fingerprint density at radius 1 is 0.321 bits per heavy atom. The molecule has 304 valence electrons. The predicted octanol–water partition coefficient (Wildman–Crippen LogP) is 15.0. The molecule has 1 heterocycles. The Morgan fingerprint density at radius 3 is 0.661 bits per heavy atom. The molecule has 0 aliphatic carbocycles. The Bertz CT molecular complexity index is 1770. The second-order valence-corrected chi connectivity index (χ2v) is 21.8. The summed E-state index contributed by atoms with van der Waals surface area (Å²) in [5.74, 6) is 1.89. The number of aryl methyl sites for hydroxylation is 4. The lowest BCUT2D eigenvalue weighted by Gasteiger charge is -2.33. The Balaban J connectivity index is 1.98. The van der Waals surface area contributed by atoms with Crippen LogP contribution in [-0.4, -0.2) is 26.4 Å². The van der Waals surface area contributed by atoms with Crippen molar-refractivity contribution in [3.05, 3.63) is 119 Å². The molecule has 4 aromatic rings. The van der Waals surface area contributed by atoms with Gasteiger partial charge in [0.2, 0.25) is 0 Å². The molecule has 0 saturated carbocycles. The maximum absolute atomic E-state index is 6.90. The maximum atomic E-state index is 6.90. The van der Waals surface area contributed by atoms with E-state index in [1.54, 1.807) is 0 Å². The lowest BCUT2D eigenvalue weighted by Crippen LogP contribution is -2.09. The predicted molar refractivity (Wildman–Crippen MR) is 230 cm³/mol. The highest BCUT2D eigenvalue weighted by Gasteiger charge is 2.46. The van der Waals surface area contributed by atoms with E-state index in [1.165, 1.54) is 0 Å². The van der Waals surface area contributed by atoms with Gasteiger partial charge >= 0.3 is 30.6 Å². The van der Waals surface area contributed by atoms with E-state index in [1.807, 2.05) is 152 Å². The van der Waals surface area contributed by atoms with Gasteiger partial charge in [-0.15, -0.1) is 18.1 Å². The molecule has 0 amide bonds. The van der Waals surface area contributed by atoms with E-state index in [4.69, 9.17) is 54.3 Å². The molecular weight excluding hydrogens is 788 g/mol. The summed E-state index contributed by atoms with van der Waals surface area (Å²) in [5, 5.41) is 0. The third kappa shape index (κ3) is 12.4. The van der Waals surface area contributed by atoms with Crippen molar-refractivity contribution < 1.29 is 36.2 Å². The molecule has 0 spiro atoms. The SMILES string of the molecule is CCCOP1(Oc2ccc(C)cc2)=NP(OCCC)(Oc2ccc(C)cc2)=NP(OCCC)(Oc2ccc(C)cc2)=NP(OCCC)(Oc2ccc(C)cc2)=N1. The molecule has 16 heteroatoms. The highest BCUT2D eigenvalue weighted by atomic mass is 31.3. The highest BCUT2D eigenvalue weighted by molar-refractivity contribution is 7.79. The molecular formula is C40H56N4O8P4. The quantitative estimate of drug-likeness (QED) is 0.0806. The van der Waals surface area contributed by atoms with Crippen LogP contribution in [0.25, 0.3) is 0 Å². The van der Waals surface area contributed by atoms with E-state index in [0.717, 1.165) is 22.3 Å². The van der Waals surface area contributed by atoms with Crippen molar-refractivity contribution in [2.75, 3.05) is 26.4 Å². The Morgan fingerprint density at radius 2 is 0.500 bits per heavy atom. The van der Waals surface area contributed by atoms with E-state index in [2.05, 4.69) is 0 Å². The molecule has 0 saturated heterocycles. The van der Waals surface area contributed by atoms with Gasteiger partial charge in [0.05, 0.1) is 26.4 Å². The van der Waals surface area contributed by atoms with Gasteiger partial charge in [-0.05, 0) is 102 Å². The van der Waals surface area contributed by atoms with Gasteiger partial charge in [0.25, 0.3) is 0 Å². The number of nitrogens with zero attached hydrogens (tertiary/aromatic N) is 4. The second-order valence-electron chi connectivity index (χ2n) is 13.3.